The number of imidazole rings is 1. The highest BCUT2D eigenvalue weighted by Crippen LogP contribution is 2.10. The first-order valence-corrected chi connectivity index (χ1v) is 3.86. The molecule has 2 aromatic rings. The zero-order valence-corrected chi connectivity index (χ0v) is 6.94. The molecule has 3 nitrogen and oxygen atoms in total. The van der Waals surface area contributed by atoms with Crippen LogP contribution < -0.4 is 0 Å². The first kappa shape index (κ1) is 7.31. The van der Waals surface area contributed by atoms with Crippen LogP contribution in [0.5, 0.6) is 0 Å². The monoisotopic (exact) mass is 179 g/mol. The number of pyridine rings is 1. The summed E-state index contributed by atoms with van der Waals surface area (Å²) in [6.45, 7) is 0. The molecule has 0 saturated carbocycles. The van der Waals surface area contributed by atoms with E-state index in [1.807, 2.05) is 18.2 Å². The molecule has 0 aliphatic carbocycles. The summed E-state index contributed by atoms with van der Waals surface area (Å²) in [4.78, 5) is 8.00. The van der Waals surface area contributed by atoms with E-state index in [4.69, 9.17) is 11.6 Å². The predicted molar refractivity (Wildman–Crippen MR) is 46.4 cm³/mol. The van der Waals surface area contributed by atoms with Crippen LogP contribution in [-0.4, -0.2) is 14.5 Å². The van der Waals surface area contributed by atoms with Crippen molar-refractivity contribution in [1.82, 2.24) is 14.5 Å². The van der Waals surface area contributed by atoms with Gasteiger partial charge in [-0.1, -0.05) is 6.07 Å². The van der Waals surface area contributed by atoms with E-state index in [0.717, 1.165) is 5.82 Å². The number of hydrogen-bond acceptors (Lipinski definition) is 2. The van der Waals surface area contributed by atoms with Crippen molar-refractivity contribution in [2.75, 3.05) is 0 Å². The highest BCUT2D eigenvalue weighted by molar-refractivity contribution is 6.28. The van der Waals surface area contributed by atoms with Gasteiger partial charge in [0.05, 0.1) is 0 Å². The molecule has 0 spiro atoms. The third-order valence-electron chi connectivity index (χ3n) is 1.49. The van der Waals surface area contributed by atoms with Gasteiger partial charge in [-0.3, -0.25) is 4.57 Å². The van der Waals surface area contributed by atoms with Crippen LogP contribution in [-0.2, 0) is 0 Å². The summed E-state index contributed by atoms with van der Waals surface area (Å²) >= 11 is 5.79. The highest BCUT2D eigenvalue weighted by Gasteiger charge is 2.00. The van der Waals surface area contributed by atoms with Gasteiger partial charge in [-0.25, -0.2) is 9.97 Å². The smallest absolute Gasteiger partial charge is 0.208 e. The molecule has 0 N–H and O–H groups in total. The molecular formula is C8H6ClN3. The van der Waals surface area contributed by atoms with Gasteiger partial charge in [0.15, 0.2) is 0 Å². The van der Waals surface area contributed by atoms with Crippen molar-refractivity contribution < 1.29 is 0 Å². The molecule has 0 saturated heterocycles. The van der Waals surface area contributed by atoms with Crippen molar-refractivity contribution in [2.45, 2.75) is 0 Å². The molecule has 60 valence electrons. The lowest BCUT2D eigenvalue weighted by molar-refractivity contribution is 0.994. The van der Waals surface area contributed by atoms with Gasteiger partial charge in [-0.05, 0) is 23.7 Å². The third-order valence-corrected chi connectivity index (χ3v) is 1.77. The summed E-state index contributed by atoms with van der Waals surface area (Å²) in [7, 11) is 0. The van der Waals surface area contributed by atoms with Gasteiger partial charge in [0.1, 0.15) is 5.82 Å². The molecule has 2 rings (SSSR count). The lowest BCUT2D eigenvalue weighted by Crippen LogP contribution is -1.94. The van der Waals surface area contributed by atoms with Crippen molar-refractivity contribution in [3.8, 4) is 5.82 Å². The average Bonchev–Trinajstić information content (AvgIpc) is 2.53. The first-order chi connectivity index (χ1) is 5.88. The van der Waals surface area contributed by atoms with Crippen LogP contribution in [0.3, 0.4) is 0 Å². The van der Waals surface area contributed by atoms with E-state index in [1.165, 1.54) is 0 Å². The minimum absolute atomic E-state index is 0.425. The van der Waals surface area contributed by atoms with Gasteiger partial charge < -0.3 is 0 Å². The third kappa shape index (κ3) is 1.19. The van der Waals surface area contributed by atoms with Gasteiger partial charge in [0.2, 0.25) is 5.28 Å². The van der Waals surface area contributed by atoms with Gasteiger partial charge in [0, 0.05) is 18.6 Å². The van der Waals surface area contributed by atoms with E-state index in [0.29, 0.717) is 5.28 Å². The molecule has 0 aromatic carbocycles. The second kappa shape index (κ2) is 2.95. The Morgan fingerprint density at radius 2 is 2.08 bits per heavy atom. The standard InChI is InChI=1S/C8H6ClN3/c9-8-11-5-6-12(8)7-3-1-2-4-10-7/h1-6H. The van der Waals surface area contributed by atoms with Crippen LogP contribution >= 0.6 is 11.6 Å². The molecule has 2 heterocycles. The van der Waals surface area contributed by atoms with Gasteiger partial charge >= 0.3 is 0 Å². The lowest BCUT2D eigenvalue weighted by atomic mass is 10.5. The quantitative estimate of drug-likeness (QED) is 0.670. The maximum absolute atomic E-state index is 5.79. The molecule has 0 amide bonds. The summed E-state index contributed by atoms with van der Waals surface area (Å²) in [6.07, 6.45) is 5.12. The van der Waals surface area contributed by atoms with Crippen molar-refractivity contribution in [2.24, 2.45) is 0 Å². The highest BCUT2D eigenvalue weighted by atomic mass is 35.5. The van der Waals surface area contributed by atoms with E-state index < -0.39 is 0 Å². The first-order valence-electron chi connectivity index (χ1n) is 3.48. The predicted octanol–water partition coefficient (Wildman–Crippen LogP) is 1.92. The molecule has 0 atom stereocenters. The summed E-state index contributed by atoms with van der Waals surface area (Å²) in [5.74, 6) is 0.778. The van der Waals surface area contributed by atoms with Gasteiger partial charge in [-0.15, -0.1) is 0 Å². The van der Waals surface area contributed by atoms with Crippen molar-refractivity contribution in [3.63, 3.8) is 0 Å². The Balaban J connectivity index is 2.51. The van der Waals surface area contributed by atoms with Crippen molar-refractivity contribution >= 4 is 11.6 Å². The summed E-state index contributed by atoms with van der Waals surface area (Å²) in [5.41, 5.74) is 0. The van der Waals surface area contributed by atoms with E-state index in [-0.39, 0.29) is 0 Å². The minimum Gasteiger partial charge on any atom is -0.275 e. The van der Waals surface area contributed by atoms with Crippen molar-refractivity contribution in [3.05, 3.63) is 42.1 Å². The van der Waals surface area contributed by atoms with E-state index in [9.17, 15) is 0 Å². The number of aromatic nitrogens is 3. The molecule has 0 aliphatic rings. The van der Waals surface area contributed by atoms with Gasteiger partial charge in [-0.2, -0.15) is 0 Å². The second-order valence-corrected chi connectivity index (χ2v) is 2.59. The zero-order chi connectivity index (χ0) is 8.39. The fraction of sp³-hybridized carbons (Fsp3) is 0. The Morgan fingerprint density at radius 1 is 1.17 bits per heavy atom. The number of halogens is 1. The second-order valence-electron chi connectivity index (χ2n) is 2.25. The summed E-state index contributed by atoms with van der Waals surface area (Å²) in [5, 5.41) is 0.425. The molecule has 0 fully saturated rings. The van der Waals surface area contributed by atoms with Gasteiger partial charge in [0.25, 0.3) is 0 Å². The molecule has 2 aromatic heterocycles. The minimum atomic E-state index is 0.425. The van der Waals surface area contributed by atoms with Crippen molar-refractivity contribution in [1.29, 1.82) is 0 Å². The largest absolute Gasteiger partial charge is 0.275 e. The number of nitrogens with zero attached hydrogens (tertiary/aromatic N) is 3. The Morgan fingerprint density at radius 3 is 2.67 bits per heavy atom. The maximum atomic E-state index is 5.79. The van der Waals surface area contributed by atoms with E-state index in [2.05, 4.69) is 9.97 Å². The maximum Gasteiger partial charge on any atom is 0.208 e. The van der Waals surface area contributed by atoms with E-state index in [1.54, 1.807) is 23.2 Å². The van der Waals surface area contributed by atoms with Crippen LogP contribution in [0.4, 0.5) is 0 Å². The number of hydrogen-bond donors (Lipinski definition) is 0. The normalized spacial score (nSPS) is 10.1. The Kier molecular flexibility index (Phi) is 1.80. The Hall–Kier alpha value is -1.35. The Bertz CT molecular complexity index is 369. The average molecular weight is 180 g/mol. The fourth-order valence-corrected chi connectivity index (χ4v) is 1.15. The van der Waals surface area contributed by atoms with Crippen LogP contribution in [0.15, 0.2) is 36.8 Å². The summed E-state index contributed by atoms with van der Waals surface area (Å²) < 4.78 is 1.71. The summed E-state index contributed by atoms with van der Waals surface area (Å²) in [6, 6.07) is 5.63. The van der Waals surface area contributed by atoms with Crippen LogP contribution in [0.1, 0.15) is 0 Å². The molecule has 4 heteroatoms. The lowest BCUT2D eigenvalue weighted by Gasteiger charge is -1.99. The topological polar surface area (TPSA) is 30.7 Å². The molecular weight excluding hydrogens is 174 g/mol. The van der Waals surface area contributed by atoms with Crippen LogP contribution in [0.25, 0.3) is 5.82 Å². The SMILES string of the molecule is Clc1nccn1-c1ccccn1. The molecule has 0 radical (unpaired) electrons. The Labute approximate surface area is 74.7 Å². The zero-order valence-electron chi connectivity index (χ0n) is 6.18. The molecule has 0 bridgehead atoms. The number of rotatable bonds is 1. The molecule has 12 heavy (non-hydrogen) atoms. The molecule has 0 unspecified atom stereocenters. The molecule has 0 aliphatic heterocycles. The fourth-order valence-electron chi connectivity index (χ4n) is 0.952. The van der Waals surface area contributed by atoms with Crippen LogP contribution in [0, 0.1) is 0 Å². The van der Waals surface area contributed by atoms with Crippen LogP contribution in [0.2, 0.25) is 5.28 Å². The van der Waals surface area contributed by atoms with E-state index >= 15 is 0 Å².